The molecule has 2 heterocycles. The maximum absolute atomic E-state index is 13.5. The Morgan fingerprint density at radius 1 is 1.26 bits per heavy atom. The number of thiophene rings is 1. The number of carbonyl (C=O) groups is 1. The van der Waals surface area contributed by atoms with Gasteiger partial charge >= 0.3 is 0 Å². The zero-order chi connectivity index (χ0) is 19.6. The van der Waals surface area contributed by atoms with Crippen LogP contribution in [0.3, 0.4) is 0 Å². The lowest BCUT2D eigenvalue weighted by Gasteiger charge is -2.13. The van der Waals surface area contributed by atoms with E-state index < -0.39 is 5.41 Å². The molecule has 0 saturated carbocycles. The fourth-order valence-electron chi connectivity index (χ4n) is 2.45. The number of carbonyl (C=O) groups excluding carboxylic acids is 1. The van der Waals surface area contributed by atoms with Gasteiger partial charge < -0.3 is 0 Å². The van der Waals surface area contributed by atoms with Crippen LogP contribution in [0.1, 0.15) is 31.9 Å². The smallest absolute Gasteiger partial charge is 0.269 e. The second-order valence-electron chi connectivity index (χ2n) is 7.29. The predicted octanol–water partition coefficient (Wildman–Crippen LogP) is 3.38. The summed E-state index contributed by atoms with van der Waals surface area (Å²) in [5.41, 5.74) is 0.907. The molecule has 0 bridgehead atoms. The van der Waals surface area contributed by atoms with Crippen LogP contribution in [-0.2, 0) is 11.3 Å². The van der Waals surface area contributed by atoms with Crippen molar-refractivity contribution in [2.45, 2.75) is 27.3 Å². The Labute approximate surface area is 164 Å². The van der Waals surface area contributed by atoms with E-state index in [9.17, 15) is 14.0 Å². The SMILES string of the molecule is CC(C)(C)C(=O)/C=c1\s/c(=C\c2ccsc2)c(=O)n1Cc1cccc(F)c1. The Morgan fingerprint density at radius 2 is 2.04 bits per heavy atom. The normalized spacial score (nSPS) is 13.3. The lowest BCUT2D eigenvalue weighted by Crippen LogP contribution is -2.32. The van der Waals surface area contributed by atoms with E-state index in [0.29, 0.717) is 14.8 Å². The molecule has 3 rings (SSSR count). The Balaban J connectivity index is 2.17. The number of hydrogen-bond acceptors (Lipinski definition) is 4. The van der Waals surface area contributed by atoms with Gasteiger partial charge in [0, 0.05) is 11.5 Å². The summed E-state index contributed by atoms with van der Waals surface area (Å²) in [6.07, 6.45) is 3.35. The van der Waals surface area contributed by atoms with Crippen LogP contribution in [0.5, 0.6) is 0 Å². The minimum atomic E-state index is -0.541. The van der Waals surface area contributed by atoms with Gasteiger partial charge in [0.05, 0.1) is 11.1 Å². The van der Waals surface area contributed by atoms with Gasteiger partial charge in [-0.3, -0.25) is 14.2 Å². The first kappa shape index (κ1) is 19.5. The Bertz CT molecular complexity index is 1130. The molecule has 0 radical (unpaired) electrons. The number of hydrogen-bond donors (Lipinski definition) is 0. The van der Waals surface area contributed by atoms with Crippen molar-refractivity contribution in [3.8, 4) is 0 Å². The van der Waals surface area contributed by atoms with E-state index in [0.717, 1.165) is 5.56 Å². The van der Waals surface area contributed by atoms with Gasteiger partial charge in [0.15, 0.2) is 5.78 Å². The van der Waals surface area contributed by atoms with E-state index in [-0.39, 0.29) is 23.7 Å². The van der Waals surface area contributed by atoms with E-state index in [2.05, 4.69) is 0 Å². The second-order valence-corrected chi connectivity index (χ2v) is 9.13. The highest BCUT2D eigenvalue weighted by Gasteiger charge is 2.19. The number of ketones is 1. The van der Waals surface area contributed by atoms with Gasteiger partial charge in [0.1, 0.15) is 10.5 Å². The number of Topliss-reactive ketones (excluding diaryl/α,β-unsaturated/α-hetero) is 1. The maximum Gasteiger partial charge on any atom is 0.269 e. The standard InChI is InChI=1S/C21H20FNO2S2/c1-21(2,3)18(24)11-19-23(12-14-5-4-6-16(22)9-14)20(25)17(27-19)10-15-7-8-26-13-15/h4-11,13H,12H2,1-3H3/b17-10-,19-11-. The Morgan fingerprint density at radius 3 is 2.67 bits per heavy atom. The molecule has 0 aliphatic carbocycles. The number of thiazole rings is 1. The largest absolute Gasteiger partial charge is 0.294 e. The van der Waals surface area contributed by atoms with E-state index in [1.165, 1.54) is 29.5 Å². The third-order valence-electron chi connectivity index (χ3n) is 4.00. The summed E-state index contributed by atoms with van der Waals surface area (Å²) in [7, 11) is 0. The van der Waals surface area contributed by atoms with Gasteiger partial charge in [-0.05, 0) is 46.2 Å². The summed E-state index contributed by atoms with van der Waals surface area (Å²) in [5, 5.41) is 3.90. The molecule has 0 aliphatic heterocycles. The quantitative estimate of drug-likeness (QED) is 0.672. The van der Waals surface area contributed by atoms with Crippen molar-refractivity contribution < 1.29 is 9.18 Å². The topological polar surface area (TPSA) is 39.1 Å². The average molecular weight is 402 g/mol. The van der Waals surface area contributed by atoms with Gasteiger partial charge in [-0.2, -0.15) is 11.3 Å². The van der Waals surface area contributed by atoms with E-state index in [1.54, 1.807) is 28.0 Å². The highest BCUT2D eigenvalue weighted by atomic mass is 32.1. The number of rotatable bonds is 4. The molecule has 1 aromatic carbocycles. The van der Waals surface area contributed by atoms with E-state index in [1.807, 2.05) is 43.7 Å². The molecule has 140 valence electrons. The summed E-state index contributed by atoms with van der Waals surface area (Å²) in [6, 6.07) is 8.09. The minimum absolute atomic E-state index is 0.0566. The van der Waals surface area contributed by atoms with Crippen molar-refractivity contribution in [1.82, 2.24) is 4.57 Å². The molecule has 0 amide bonds. The molecule has 0 unspecified atom stereocenters. The molecule has 0 saturated heterocycles. The molecule has 0 N–H and O–H groups in total. The summed E-state index contributed by atoms with van der Waals surface area (Å²) in [5.74, 6) is -0.407. The minimum Gasteiger partial charge on any atom is -0.294 e. The Hall–Kier alpha value is -2.31. The van der Waals surface area contributed by atoms with Crippen LogP contribution in [0.4, 0.5) is 4.39 Å². The van der Waals surface area contributed by atoms with Gasteiger partial charge in [0.25, 0.3) is 5.56 Å². The molecule has 3 aromatic rings. The Kier molecular flexibility index (Phi) is 5.58. The van der Waals surface area contributed by atoms with Crippen molar-refractivity contribution in [2.24, 2.45) is 5.41 Å². The second kappa shape index (κ2) is 7.74. The van der Waals surface area contributed by atoms with Gasteiger partial charge in [0.2, 0.25) is 0 Å². The molecular weight excluding hydrogens is 381 g/mol. The van der Waals surface area contributed by atoms with Gasteiger partial charge in [-0.15, -0.1) is 11.3 Å². The maximum atomic E-state index is 13.5. The van der Waals surface area contributed by atoms with Gasteiger partial charge in [-0.1, -0.05) is 32.9 Å². The highest BCUT2D eigenvalue weighted by molar-refractivity contribution is 7.08. The number of nitrogens with zero attached hydrogens (tertiary/aromatic N) is 1. The number of halogens is 1. The number of aromatic nitrogens is 1. The molecule has 3 nitrogen and oxygen atoms in total. The van der Waals surface area contributed by atoms with E-state index >= 15 is 0 Å². The van der Waals surface area contributed by atoms with E-state index in [4.69, 9.17) is 0 Å². The van der Waals surface area contributed by atoms with Crippen molar-refractivity contribution in [2.75, 3.05) is 0 Å². The summed E-state index contributed by atoms with van der Waals surface area (Å²) < 4.78 is 16.2. The fraction of sp³-hybridized carbons (Fsp3) is 0.238. The lowest BCUT2D eigenvalue weighted by molar-refractivity contribution is -0.120. The van der Waals surface area contributed by atoms with Crippen LogP contribution >= 0.6 is 22.7 Å². The van der Waals surface area contributed by atoms with Crippen molar-refractivity contribution >= 4 is 40.6 Å². The molecule has 0 spiro atoms. The molecule has 27 heavy (non-hydrogen) atoms. The van der Waals surface area contributed by atoms with Crippen LogP contribution < -0.4 is 14.8 Å². The first-order chi connectivity index (χ1) is 12.7. The average Bonchev–Trinajstić information content (AvgIpc) is 3.18. The zero-order valence-corrected chi connectivity index (χ0v) is 17.0. The molecule has 0 fully saturated rings. The molecular formula is C21H20FNO2S2. The molecule has 0 aliphatic rings. The summed E-state index contributed by atoms with van der Waals surface area (Å²) in [4.78, 5) is 25.5. The molecule has 0 atom stereocenters. The lowest BCUT2D eigenvalue weighted by atomic mass is 9.91. The summed E-state index contributed by atoms with van der Waals surface area (Å²) in [6.45, 7) is 5.74. The van der Waals surface area contributed by atoms with Crippen LogP contribution in [0.25, 0.3) is 12.2 Å². The number of benzene rings is 1. The van der Waals surface area contributed by atoms with Crippen LogP contribution in [0, 0.1) is 11.2 Å². The monoisotopic (exact) mass is 401 g/mol. The van der Waals surface area contributed by atoms with Gasteiger partial charge in [-0.25, -0.2) is 4.39 Å². The van der Waals surface area contributed by atoms with Crippen LogP contribution in [0.2, 0.25) is 0 Å². The summed E-state index contributed by atoms with van der Waals surface area (Å²) >= 11 is 2.84. The van der Waals surface area contributed by atoms with Crippen LogP contribution in [0.15, 0.2) is 45.9 Å². The first-order valence-corrected chi connectivity index (χ1v) is 10.2. The third kappa shape index (κ3) is 4.70. The van der Waals surface area contributed by atoms with Crippen molar-refractivity contribution in [1.29, 1.82) is 0 Å². The fourth-order valence-corrected chi connectivity index (χ4v) is 4.11. The predicted molar refractivity (Wildman–Crippen MR) is 110 cm³/mol. The first-order valence-electron chi connectivity index (χ1n) is 8.48. The molecule has 6 heteroatoms. The van der Waals surface area contributed by atoms with Crippen molar-refractivity contribution in [3.63, 3.8) is 0 Å². The molecule has 2 aromatic heterocycles. The zero-order valence-electron chi connectivity index (χ0n) is 15.4. The van der Waals surface area contributed by atoms with Crippen LogP contribution in [-0.4, -0.2) is 10.4 Å². The van der Waals surface area contributed by atoms with Crippen molar-refractivity contribution in [3.05, 3.63) is 77.6 Å². The third-order valence-corrected chi connectivity index (χ3v) is 5.76. The highest BCUT2D eigenvalue weighted by Crippen LogP contribution is 2.15.